The van der Waals surface area contributed by atoms with Crippen LogP contribution < -0.4 is 4.74 Å². The number of aromatic nitrogens is 4. The van der Waals surface area contributed by atoms with E-state index in [1.165, 1.54) is 5.56 Å². The van der Waals surface area contributed by atoms with Gasteiger partial charge in [-0.05, 0) is 42.0 Å². The molecule has 0 amide bonds. The Hall–Kier alpha value is -2.57. The Bertz CT molecular complexity index is 1030. The van der Waals surface area contributed by atoms with Crippen LogP contribution in [0.1, 0.15) is 5.56 Å². The van der Waals surface area contributed by atoms with E-state index in [0.717, 1.165) is 27.7 Å². The third-order valence-corrected chi connectivity index (χ3v) is 5.10. The molecule has 4 rings (SSSR count). The molecule has 3 heterocycles. The van der Waals surface area contributed by atoms with E-state index >= 15 is 0 Å². The molecule has 7 heteroatoms. The summed E-state index contributed by atoms with van der Waals surface area (Å²) in [4.78, 5) is 8.70. The summed E-state index contributed by atoms with van der Waals surface area (Å²) in [5, 5.41) is 6.26. The molecule has 4 aromatic rings. The van der Waals surface area contributed by atoms with Gasteiger partial charge in [0.1, 0.15) is 10.7 Å². The fourth-order valence-corrected chi connectivity index (χ4v) is 3.53. The Balaban J connectivity index is 1.68. The van der Waals surface area contributed by atoms with E-state index in [1.807, 2.05) is 48.5 Å². The standard InChI is InChI=1S/C19H15ClN4OS/c1-25-19-18(14-2-4-15(20)5-3-14)22-16-6-7-17(23-24(16)19)26-12-13-8-10-21-11-9-13/h2-11H,12H2,1H3. The molecule has 0 unspecified atom stereocenters. The number of hydrogen-bond acceptors (Lipinski definition) is 5. The van der Waals surface area contributed by atoms with Gasteiger partial charge in [-0.2, -0.15) is 9.61 Å². The number of thioether (sulfide) groups is 1. The first-order valence-corrected chi connectivity index (χ1v) is 9.32. The fourth-order valence-electron chi connectivity index (χ4n) is 2.59. The van der Waals surface area contributed by atoms with Gasteiger partial charge in [-0.25, -0.2) is 4.98 Å². The molecule has 0 saturated heterocycles. The van der Waals surface area contributed by atoms with Crippen LogP contribution in [0.25, 0.3) is 16.9 Å². The van der Waals surface area contributed by atoms with Gasteiger partial charge in [0.15, 0.2) is 5.65 Å². The van der Waals surface area contributed by atoms with Gasteiger partial charge in [0.05, 0.1) is 7.11 Å². The number of pyridine rings is 1. The van der Waals surface area contributed by atoms with Crippen molar-refractivity contribution in [3.63, 3.8) is 0 Å². The lowest BCUT2D eigenvalue weighted by Crippen LogP contribution is -1.97. The number of nitrogens with zero attached hydrogens (tertiary/aromatic N) is 4. The van der Waals surface area contributed by atoms with Crippen molar-refractivity contribution in [3.8, 4) is 17.1 Å². The fraction of sp³-hybridized carbons (Fsp3) is 0.105. The highest BCUT2D eigenvalue weighted by molar-refractivity contribution is 7.98. The molecule has 1 aromatic carbocycles. The Morgan fingerprint density at radius 1 is 1.04 bits per heavy atom. The van der Waals surface area contributed by atoms with E-state index < -0.39 is 0 Å². The predicted molar refractivity (Wildman–Crippen MR) is 104 cm³/mol. The number of hydrogen-bond donors (Lipinski definition) is 0. The monoisotopic (exact) mass is 382 g/mol. The first kappa shape index (κ1) is 16.9. The van der Waals surface area contributed by atoms with Gasteiger partial charge in [-0.3, -0.25) is 4.98 Å². The molecule has 0 spiro atoms. The zero-order valence-electron chi connectivity index (χ0n) is 14.0. The highest BCUT2D eigenvalue weighted by Gasteiger charge is 2.16. The van der Waals surface area contributed by atoms with Gasteiger partial charge in [0, 0.05) is 28.7 Å². The molecule has 0 aliphatic carbocycles. The molecule has 0 radical (unpaired) electrons. The van der Waals surface area contributed by atoms with Crippen LogP contribution in [0.15, 0.2) is 66.0 Å². The highest BCUT2D eigenvalue weighted by Crippen LogP contribution is 2.31. The van der Waals surface area contributed by atoms with Crippen LogP contribution in [0.2, 0.25) is 5.02 Å². The van der Waals surface area contributed by atoms with Crippen LogP contribution >= 0.6 is 23.4 Å². The second-order valence-corrected chi connectivity index (χ2v) is 6.99. The van der Waals surface area contributed by atoms with Gasteiger partial charge >= 0.3 is 0 Å². The number of methoxy groups -OCH3 is 1. The first-order chi connectivity index (χ1) is 12.7. The van der Waals surface area contributed by atoms with Crippen molar-refractivity contribution >= 4 is 29.0 Å². The van der Waals surface area contributed by atoms with Gasteiger partial charge in [0.25, 0.3) is 0 Å². The lowest BCUT2D eigenvalue weighted by molar-refractivity contribution is 0.387. The summed E-state index contributed by atoms with van der Waals surface area (Å²) >= 11 is 7.64. The number of rotatable bonds is 5. The highest BCUT2D eigenvalue weighted by atomic mass is 35.5. The molecule has 130 valence electrons. The van der Waals surface area contributed by atoms with Crippen molar-refractivity contribution in [1.82, 2.24) is 19.6 Å². The van der Waals surface area contributed by atoms with E-state index in [-0.39, 0.29) is 0 Å². The van der Waals surface area contributed by atoms with Crippen LogP contribution in [0.4, 0.5) is 0 Å². The molecule has 0 atom stereocenters. The van der Waals surface area contributed by atoms with Crippen molar-refractivity contribution in [3.05, 3.63) is 71.5 Å². The minimum atomic E-state index is 0.605. The average molecular weight is 383 g/mol. The minimum absolute atomic E-state index is 0.605. The second kappa shape index (κ2) is 7.35. The SMILES string of the molecule is COc1c(-c2ccc(Cl)cc2)nc2ccc(SCc3ccncc3)nn12. The molecule has 0 aliphatic rings. The van der Waals surface area contributed by atoms with E-state index in [0.29, 0.717) is 10.9 Å². The molecule has 0 N–H and O–H groups in total. The summed E-state index contributed by atoms with van der Waals surface area (Å²) in [5.41, 5.74) is 3.61. The summed E-state index contributed by atoms with van der Waals surface area (Å²) < 4.78 is 7.32. The molecule has 3 aromatic heterocycles. The largest absolute Gasteiger partial charge is 0.479 e. The lowest BCUT2D eigenvalue weighted by atomic mass is 10.2. The third-order valence-electron chi connectivity index (χ3n) is 3.86. The van der Waals surface area contributed by atoms with Crippen molar-refractivity contribution in [2.75, 3.05) is 7.11 Å². The summed E-state index contributed by atoms with van der Waals surface area (Å²) in [6.07, 6.45) is 3.59. The molecular weight excluding hydrogens is 368 g/mol. The van der Waals surface area contributed by atoms with Crippen molar-refractivity contribution in [2.24, 2.45) is 0 Å². The normalized spacial score (nSPS) is 11.0. The summed E-state index contributed by atoms with van der Waals surface area (Å²) in [6.45, 7) is 0. The lowest BCUT2D eigenvalue weighted by Gasteiger charge is -2.05. The van der Waals surface area contributed by atoms with Crippen LogP contribution in [0.3, 0.4) is 0 Å². The smallest absolute Gasteiger partial charge is 0.243 e. The summed E-state index contributed by atoms with van der Waals surface area (Å²) in [7, 11) is 1.63. The number of benzene rings is 1. The predicted octanol–water partition coefficient (Wildman–Crippen LogP) is 4.75. The zero-order chi connectivity index (χ0) is 17.9. The number of ether oxygens (including phenoxy) is 1. The number of imidazole rings is 1. The van der Waals surface area contributed by atoms with Crippen molar-refractivity contribution in [2.45, 2.75) is 10.8 Å². The van der Waals surface area contributed by atoms with Gasteiger partial charge in [0.2, 0.25) is 5.88 Å². The summed E-state index contributed by atoms with van der Waals surface area (Å²) in [5.74, 6) is 1.43. The Labute approximate surface area is 160 Å². The molecular formula is C19H15ClN4OS. The minimum Gasteiger partial charge on any atom is -0.479 e. The zero-order valence-corrected chi connectivity index (χ0v) is 15.5. The molecule has 0 aliphatic heterocycles. The quantitative estimate of drug-likeness (QED) is 0.466. The van der Waals surface area contributed by atoms with Crippen LogP contribution in [-0.4, -0.2) is 26.7 Å². The number of fused-ring (bicyclic) bond motifs is 1. The molecule has 26 heavy (non-hydrogen) atoms. The Morgan fingerprint density at radius 3 is 2.54 bits per heavy atom. The number of halogens is 1. The average Bonchev–Trinajstić information content (AvgIpc) is 3.05. The maximum atomic E-state index is 5.98. The maximum Gasteiger partial charge on any atom is 0.243 e. The van der Waals surface area contributed by atoms with Gasteiger partial charge in [-0.1, -0.05) is 35.5 Å². The van der Waals surface area contributed by atoms with E-state index in [9.17, 15) is 0 Å². The van der Waals surface area contributed by atoms with Crippen LogP contribution in [-0.2, 0) is 5.75 Å². The Morgan fingerprint density at radius 2 is 1.81 bits per heavy atom. The van der Waals surface area contributed by atoms with E-state index in [2.05, 4.69) is 15.1 Å². The first-order valence-electron chi connectivity index (χ1n) is 7.96. The van der Waals surface area contributed by atoms with Gasteiger partial charge < -0.3 is 4.74 Å². The second-order valence-electron chi connectivity index (χ2n) is 5.56. The topological polar surface area (TPSA) is 52.3 Å². The van der Waals surface area contributed by atoms with Crippen molar-refractivity contribution in [1.29, 1.82) is 0 Å². The van der Waals surface area contributed by atoms with Crippen LogP contribution in [0.5, 0.6) is 5.88 Å². The van der Waals surface area contributed by atoms with E-state index in [1.54, 1.807) is 35.8 Å². The maximum absolute atomic E-state index is 5.98. The van der Waals surface area contributed by atoms with Crippen LogP contribution in [0, 0.1) is 0 Å². The molecule has 0 bridgehead atoms. The Kier molecular flexibility index (Phi) is 4.77. The van der Waals surface area contributed by atoms with Gasteiger partial charge in [-0.15, -0.1) is 0 Å². The summed E-state index contributed by atoms with van der Waals surface area (Å²) in [6, 6.07) is 15.4. The third kappa shape index (κ3) is 3.38. The van der Waals surface area contributed by atoms with Crippen molar-refractivity contribution < 1.29 is 4.74 Å². The van der Waals surface area contributed by atoms with E-state index in [4.69, 9.17) is 16.3 Å². The molecule has 5 nitrogen and oxygen atoms in total. The molecule has 0 saturated carbocycles. The molecule has 0 fully saturated rings.